The minimum Gasteiger partial charge on any atom is -0.480 e. The molecule has 0 aromatic heterocycles. The summed E-state index contributed by atoms with van der Waals surface area (Å²) in [5, 5.41) is 29.1. The van der Waals surface area contributed by atoms with Crippen LogP contribution in [0.15, 0.2) is 109 Å². The molecule has 0 saturated carbocycles. The summed E-state index contributed by atoms with van der Waals surface area (Å²) < 4.78 is 32.5. The van der Waals surface area contributed by atoms with Gasteiger partial charge in [0.05, 0.1) is 25.4 Å². The van der Waals surface area contributed by atoms with Gasteiger partial charge < -0.3 is 35.4 Å². The zero-order chi connectivity index (χ0) is 45.9. The van der Waals surface area contributed by atoms with Gasteiger partial charge in [-0.1, -0.05) is 149 Å². The maximum atomic E-state index is 12.6. The first kappa shape index (κ1) is 58.1. The molecule has 0 fully saturated rings. The van der Waals surface area contributed by atoms with Gasteiger partial charge in [0.2, 0.25) is 0 Å². The van der Waals surface area contributed by atoms with Crippen molar-refractivity contribution in [1.29, 1.82) is 0 Å². The average Bonchev–Trinajstić information content (AvgIpc) is 3.24. The number of aliphatic carboxylic acids is 1. The second-order valence-corrected chi connectivity index (χ2v) is 15.9. The third-order valence-electron chi connectivity index (χ3n) is 8.71. The fourth-order valence-electron chi connectivity index (χ4n) is 5.19. The van der Waals surface area contributed by atoms with E-state index >= 15 is 0 Å². The minimum atomic E-state index is -4.80. The fraction of sp³-hybridized carbons (Fsp3) is 0.562. The third-order valence-corrected chi connectivity index (χ3v) is 9.66. The standard InChI is InChI=1S/C48H76NO12P/c1-3-5-7-8-9-10-11-12-13-14-15-16-17-18-19-20-24-27-31-37-46(52)58-39-44(40-59-62(56,57)60-41-45(49)48(54)55)61-47(53)38-32-36-43(51)35-30-26-23-21-22-25-29-34-42(50)33-28-6-4-2/h5,7,9-10,12-13,15-16,18-19,22-23,25-26,29-30,34-35,42-45,50-51H,3-4,6,8,11,14,17,20-21,24,27-28,31-33,36-41,49H2,1-2H3,(H,54,55)(H,56,57)/b7-5-,10-9-,13-12-,16-15-,19-18-,25-22-,26-23-,34-29+,35-30+/t42-,43-,44-,45+/m1/s1. The number of phosphoric acid groups is 1. The molecule has 14 heteroatoms. The molecule has 5 atom stereocenters. The molecule has 62 heavy (non-hydrogen) atoms. The number of unbranched alkanes of at least 4 members (excludes halogenated alkanes) is 5. The number of hydrogen-bond acceptors (Lipinski definition) is 11. The van der Waals surface area contributed by atoms with Gasteiger partial charge in [0, 0.05) is 12.8 Å². The molecule has 0 radical (unpaired) electrons. The maximum Gasteiger partial charge on any atom is 0.472 e. The molecule has 0 aliphatic carbocycles. The molecule has 0 rings (SSSR count). The van der Waals surface area contributed by atoms with E-state index in [1.807, 2.05) is 24.3 Å². The lowest BCUT2D eigenvalue weighted by Crippen LogP contribution is -2.34. The van der Waals surface area contributed by atoms with Gasteiger partial charge >= 0.3 is 25.7 Å². The molecule has 0 heterocycles. The van der Waals surface area contributed by atoms with E-state index in [0.717, 1.165) is 77.0 Å². The molecule has 0 aliphatic heterocycles. The molecule has 0 aromatic carbocycles. The predicted molar refractivity (Wildman–Crippen MR) is 247 cm³/mol. The van der Waals surface area contributed by atoms with E-state index in [4.69, 9.17) is 24.8 Å². The Morgan fingerprint density at radius 3 is 1.68 bits per heavy atom. The molecule has 0 spiro atoms. The summed E-state index contributed by atoms with van der Waals surface area (Å²) in [4.78, 5) is 46.0. The first-order valence-corrected chi connectivity index (χ1v) is 23.6. The summed E-state index contributed by atoms with van der Waals surface area (Å²) >= 11 is 0. The van der Waals surface area contributed by atoms with Crippen molar-refractivity contribution in [3.63, 3.8) is 0 Å². The number of phosphoric ester groups is 1. The molecular weight excluding hydrogens is 813 g/mol. The van der Waals surface area contributed by atoms with Gasteiger partial charge in [-0.05, 0) is 77.0 Å². The molecule has 0 saturated heterocycles. The number of carboxylic acid groups (broad SMARTS) is 1. The van der Waals surface area contributed by atoms with E-state index in [1.165, 1.54) is 0 Å². The monoisotopic (exact) mass is 890 g/mol. The molecule has 0 amide bonds. The van der Waals surface area contributed by atoms with Crippen molar-refractivity contribution in [2.24, 2.45) is 5.73 Å². The van der Waals surface area contributed by atoms with Gasteiger partial charge in [-0.2, -0.15) is 0 Å². The lowest BCUT2D eigenvalue weighted by atomic mass is 10.1. The number of nitrogens with two attached hydrogens (primary N) is 1. The van der Waals surface area contributed by atoms with Crippen LogP contribution in [0.2, 0.25) is 0 Å². The number of ether oxygens (including phenoxy) is 2. The maximum absolute atomic E-state index is 12.6. The number of hydrogen-bond donors (Lipinski definition) is 5. The van der Waals surface area contributed by atoms with Gasteiger partial charge in [0.15, 0.2) is 6.10 Å². The highest BCUT2D eigenvalue weighted by molar-refractivity contribution is 7.47. The third kappa shape index (κ3) is 40.2. The largest absolute Gasteiger partial charge is 0.480 e. The number of carboxylic acids is 1. The van der Waals surface area contributed by atoms with Crippen molar-refractivity contribution in [3.8, 4) is 0 Å². The van der Waals surface area contributed by atoms with Crippen molar-refractivity contribution in [3.05, 3.63) is 109 Å². The van der Waals surface area contributed by atoms with E-state index in [1.54, 1.807) is 24.3 Å². The van der Waals surface area contributed by atoms with Crippen molar-refractivity contribution in [2.45, 2.75) is 154 Å². The average molecular weight is 890 g/mol. The first-order chi connectivity index (χ1) is 29.9. The number of esters is 2. The molecule has 1 unspecified atom stereocenters. The SMILES string of the molecule is CC/C=C\C/C=C\C/C=C\C/C=C\C/C=C\CCCCCC(=O)OC[C@H](COP(=O)(O)OC[C@H](N)C(=O)O)OC(=O)CCC[C@H](O)/C=C/C=C\C/C=C\C=C\[C@H](O)CCCCC. The Hall–Kier alpha value is -3.94. The van der Waals surface area contributed by atoms with E-state index in [9.17, 15) is 34.1 Å². The zero-order valence-corrected chi connectivity index (χ0v) is 38.0. The Bertz CT molecular complexity index is 1500. The van der Waals surface area contributed by atoms with Crippen LogP contribution in [0.5, 0.6) is 0 Å². The summed E-state index contributed by atoms with van der Waals surface area (Å²) in [5.41, 5.74) is 5.32. The van der Waals surface area contributed by atoms with Crippen LogP contribution in [0.25, 0.3) is 0 Å². The van der Waals surface area contributed by atoms with Crippen molar-refractivity contribution in [2.75, 3.05) is 19.8 Å². The highest BCUT2D eigenvalue weighted by Crippen LogP contribution is 2.43. The first-order valence-electron chi connectivity index (χ1n) is 22.1. The van der Waals surface area contributed by atoms with Gasteiger partial charge in [-0.15, -0.1) is 0 Å². The Labute approximate surface area is 371 Å². The number of allylic oxidation sites excluding steroid dienone is 16. The summed E-state index contributed by atoms with van der Waals surface area (Å²) in [7, 11) is -4.80. The second-order valence-electron chi connectivity index (χ2n) is 14.5. The topological polar surface area (TPSA) is 212 Å². The summed E-state index contributed by atoms with van der Waals surface area (Å²) in [6.45, 7) is 2.30. The smallest absolute Gasteiger partial charge is 0.472 e. The molecular formula is C48H76NO12P. The number of carbonyl (C=O) groups excluding carboxylic acids is 2. The summed E-state index contributed by atoms with van der Waals surface area (Å²) in [5.74, 6) is -2.70. The molecule has 13 nitrogen and oxygen atoms in total. The van der Waals surface area contributed by atoms with Crippen LogP contribution in [0, 0.1) is 0 Å². The lowest BCUT2D eigenvalue weighted by molar-refractivity contribution is -0.161. The zero-order valence-electron chi connectivity index (χ0n) is 37.1. The van der Waals surface area contributed by atoms with Crippen molar-refractivity contribution < 1.29 is 57.7 Å². The van der Waals surface area contributed by atoms with Crippen molar-refractivity contribution in [1.82, 2.24) is 0 Å². The van der Waals surface area contributed by atoms with Gasteiger partial charge in [-0.3, -0.25) is 23.4 Å². The Morgan fingerprint density at radius 1 is 0.597 bits per heavy atom. The highest BCUT2D eigenvalue weighted by Gasteiger charge is 2.28. The number of carbonyl (C=O) groups is 3. The molecule has 0 bridgehead atoms. The van der Waals surface area contributed by atoms with E-state index in [-0.39, 0.29) is 25.7 Å². The number of aliphatic hydroxyl groups excluding tert-OH is 2. The highest BCUT2D eigenvalue weighted by atomic mass is 31.2. The number of rotatable bonds is 39. The molecule has 6 N–H and O–H groups in total. The van der Waals surface area contributed by atoms with E-state index < -0.39 is 69.9 Å². The number of aliphatic hydroxyl groups is 2. The lowest BCUT2D eigenvalue weighted by Gasteiger charge is -2.20. The fourth-order valence-corrected chi connectivity index (χ4v) is 5.96. The Balaban J connectivity index is 4.67. The Kier molecular flexibility index (Phi) is 38.5. The van der Waals surface area contributed by atoms with Crippen LogP contribution in [-0.2, 0) is 37.5 Å². The van der Waals surface area contributed by atoms with E-state index in [0.29, 0.717) is 12.8 Å². The van der Waals surface area contributed by atoms with Crippen LogP contribution in [0.1, 0.15) is 129 Å². The normalized spacial score (nSPS) is 15.7. The van der Waals surface area contributed by atoms with Gasteiger partial charge in [0.25, 0.3) is 0 Å². The van der Waals surface area contributed by atoms with Gasteiger partial charge in [0.1, 0.15) is 12.6 Å². The quantitative estimate of drug-likeness (QED) is 0.0128. The Morgan fingerprint density at radius 2 is 1.11 bits per heavy atom. The molecule has 0 aromatic rings. The van der Waals surface area contributed by atoms with E-state index in [2.05, 4.69) is 79.1 Å². The summed E-state index contributed by atoms with van der Waals surface area (Å²) in [6.07, 6.45) is 46.5. The summed E-state index contributed by atoms with van der Waals surface area (Å²) in [6, 6.07) is -1.57. The van der Waals surface area contributed by atoms with Crippen LogP contribution >= 0.6 is 7.82 Å². The van der Waals surface area contributed by atoms with Crippen LogP contribution in [-0.4, -0.2) is 82.3 Å². The van der Waals surface area contributed by atoms with Gasteiger partial charge in [-0.25, -0.2) is 4.57 Å². The second kappa shape index (κ2) is 41.1. The van der Waals surface area contributed by atoms with Crippen LogP contribution < -0.4 is 5.73 Å². The molecule has 0 aliphatic rings. The molecule has 350 valence electrons. The van der Waals surface area contributed by atoms with Crippen molar-refractivity contribution >= 4 is 25.7 Å². The van der Waals surface area contributed by atoms with Crippen LogP contribution in [0.3, 0.4) is 0 Å². The van der Waals surface area contributed by atoms with Crippen LogP contribution in [0.4, 0.5) is 0 Å². The predicted octanol–water partition coefficient (Wildman–Crippen LogP) is 9.78. The minimum absolute atomic E-state index is 0.102.